The molecule has 1 heterocycles. The van der Waals surface area contributed by atoms with Crippen LogP contribution in [0.15, 0.2) is 24.3 Å². The fraction of sp³-hybridized carbons (Fsp3) is 0.619. The molecule has 0 aliphatic carbocycles. The number of rotatable bonds is 7. The number of nitrogen functional groups attached to an aromatic ring is 1. The van der Waals surface area contributed by atoms with Crippen LogP contribution in [0.3, 0.4) is 0 Å². The SMILES string of the molecule is CN(C(=O)O)[C@H](CN1CCC(O[Si](C)(C)C(C)(C)C)C1)c1cccc(C(=O)NN)c1. The van der Waals surface area contributed by atoms with Crippen molar-refractivity contribution in [2.45, 2.75) is 57.5 Å². The minimum atomic E-state index is -1.85. The number of hydrogen-bond acceptors (Lipinski definition) is 5. The topological polar surface area (TPSA) is 108 Å². The number of hydrogen-bond donors (Lipinski definition) is 3. The van der Waals surface area contributed by atoms with Crippen LogP contribution in [0.5, 0.6) is 0 Å². The molecule has 1 fully saturated rings. The second kappa shape index (κ2) is 9.46. The van der Waals surface area contributed by atoms with Crippen LogP contribution in [-0.2, 0) is 4.43 Å². The molecule has 2 amide bonds. The molecule has 1 unspecified atom stereocenters. The molecule has 1 aromatic carbocycles. The number of likely N-dealkylation sites (N-methyl/N-ethyl adjacent to an activating group) is 1. The average Bonchev–Trinajstić information content (AvgIpc) is 3.10. The first-order chi connectivity index (χ1) is 13.9. The zero-order chi connectivity index (χ0) is 22.7. The number of amides is 2. The Balaban J connectivity index is 2.15. The van der Waals surface area contributed by atoms with Gasteiger partial charge in [0.2, 0.25) is 0 Å². The van der Waals surface area contributed by atoms with E-state index in [9.17, 15) is 14.7 Å². The lowest BCUT2D eigenvalue weighted by atomic mass is 10.0. The van der Waals surface area contributed by atoms with Gasteiger partial charge in [0.15, 0.2) is 8.32 Å². The number of benzene rings is 1. The Kier molecular flexibility index (Phi) is 7.67. The van der Waals surface area contributed by atoms with Crippen molar-refractivity contribution in [3.63, 3.8) is 0 Å². The fourth-order valence-electron chi connectivity index (χ4n) is 3.45. The summed E-state index contributed by atoms with van der Waals surface area (Å²) in [7, 11) is -0.297. The lowest BCUT2D eigenvalue weighted by molar-refractivity contribution is 0.0953. The molecule has 2 rings (SSSR count). The maximum atomic E-state index is 11.9. The highest BCUT2D eigenvalue weighted by atomic mass is 28.4. The van der Waals surface area contributed by atoms with Gasteiger partial charge >= 0.3 is 6.09 Å². The van der Waals surface area contributed by atoms with Crippen molar-refractivity contribution in [2.75, 3.05) is 26.7 Å². The van der Waals surface area contributed by atoms with Crippen LogP contribution < -0.4 is 11.3 Å². The predicted octanol–water partition coefficient (Wildman–Crippen LogP) is 3.04. The van der Waals surface area contributed by atoms with Gasteiger partial charge in [0, 0.05) is 32.2 Å². The molecule has 8 nitrogen and oxygen atoms in total. The van der Waals surface area contributed by atoms with Crippen molar-refractivity contribution in [1.82, 2.24) is 15.2 Å². The van der Waals surface area contributed by atoms with Gasteiger partial charge in [0.25, 0.3) is 5.91 Å². The molecule has 1 aliphatic heterocycles. The van der Waals surface area contributed by atoms with Crippen molar-refractivity contribution in [2.24, 2.45) is 5.84 Å². The van der Waals surface area contributed by atoms with E-state index in [1.807, 2.05) is 6.07 Å². The van der Waals surface area contributed by atoms with Gasteiger partial charge < -0.3 is 14.4 Å². The molecule has 0 saturated carbocycles. The summed E-state index contributed by atoms with van der Waals surface area (Å²) in [6.45, 7) is 13.4. The molecule has 1 aromatic rings. The highest BCUT2D eigenvalue weighted by molar-refractivity contribution is 6.74. The number of nitrogens with one attached hydrogen (secondary N) is 1. The van der Waals surface area contributed by atoms with Gasteiger partial charge in [-0.15, -0.1) is 0 Å². The van der Waals surface area contributed by atoms with Gasteiger partial charge in [-0.3, -0.25) is 15.1 Å². The molecular formula is C21H36N4O4Si. The van der Waals surface area contributed by atoms with Gasteiger partial charge in [-0.2, -0.15) is 0 Å². The van der Waals surface area contributed by atoms with E-state index in [1.165, 1.54) is 4.90 Å². The van der Waals surface area contributed by atoms with Crippen molar-refractivity contribution in [3.05, 3.63) is 35.4 Å². The summed E-state index contributed by atoms with van der Waals surface area (Å²) in [5, 5.41) is 9.74. The maximum absolute atomic E-state index is 11.9. The minimum Gasteiger partial charge on any atom is -0.465 e. The fourth-order valence-corrected chi connectivity index (χ4v) is 4.83. The monoisotopic (exact) mass is 436 g/mol. The lowest BCUT2D eigenvalue weighted by Crippen LogP contribution is -2.45. The van der Waals surface area contributed by atoms with E-state index >= 15 is 0 Å². The standard InChI is InChI=1S/C21H36N4O4Si/c1-21(2,3)30(5,6)29-17-10-11-25(13-17)14-18(24(4)20(27)28)15-8-7-9-16(12-15)19(26)23-22/h7-9,12,17-18H,10-11,13-14,22H2,1-6H3,(H,23,26)(H,27,28)/t17?,18-/m1/s1. The first kappa shape index (κ1) is 24.3. The Morgan fingerprint density at radius 1 is 1.40 bits per heavy atom. The summed E-state index contributed by atoms with van der Waals surface area (Å²) in [6, 6.07) is 6.54. The third-order valence-corrected chi connectivity index (χ3v) is 10.9. The minimum absolute atomic E-state index is 0.149. The third kappa shape index (κ3) is 5.81. The average molecular weight is 437 g/mol. The zero-order valence-corrected chi connectivity index (χ0v) is 19.9. The normalized spacial score (nSPS) is 18.8. The van der Waals surface area contributed by atoms with Crippen LogP contribution in [0, 0.1) is 0 Å². The van der Waals surface area contributed by atoms with E-state index in [4.69, 9.17) is 10.3 Å². The van der Waals surface area contributed by atoms with Crippen LogP contribution in [0.4, 0.5) is 4.79 Å². The highest BCUT2D eigenvalue weighted by Crippen LogP contribution is 2.38. The molecule has 0 radical (unpaired) electrons. The summed E-state index contributed by atoms with van der Waals surface area (Å²) in [5.74, 6) is 4.84. The lowest BCUT2D eigenvalue weighted by Gasteiger charge is -2.38. The molecule has 9 heteroatoms. The second-order valence-corrected chi connectivity index (χ2v) is 14.3. The van der Waals surface area contributed by atoms with Gasteiger partial charge in [-0.1, -0.05) is 32.9 Å². The number of nitrogens with two attached hydrogens (primary N) is 1. The predicted molar refractivity (Wildman–Crippen MR) is 120 cm³/mol. The summed E-state index contributed by atoms with van der Waals surface area (Å²) in [5.41, 5.74) is 3.28. The molecule has 1 saturated heterocycles. The molecule has 1 aliphatic rings. The number of carbonyl (C=O) groups excluding carboxylic acids is 1. The molecule has 168 valence electrons. The number of nitrogens with zero attached hydrogens (tertiary/aromatic N) is 2. The first-order valence-electron chi connectivity index (χ1n) is 10.3. The Morgan fingerprint density at radius 3 is 2.63 bits per heavy atom. The Bertz CT molecular complexity index is 766. The van der Waals surface area contributed by atoms with Crippen LogP contribution in [0.1, 0.15) is 49.2 Å². The van der Waals surface area contributed by atoms with Gasteiger partial charge in [0.1, 0.15) is 0 Å². The summed E-state index contributed by atoms with van der Waals surface area (Å²) in [6.07, 6.45) is 0.0871. The van der Waals surface area contributed by atoms with E-state index in [-0.39, 0.29) is 11.1 Å². The molecule has 0 spiro atoms. The van der Waals surface area contributed by atoms with Crippen LogP contribution in [0.2, 0.25) is 18.1 Å². The van der Waals surface area contributed by atoms with E-state index in [0.717, 1.165) is 25.1 Å². The number of hydrazine groups is 1. The van der Waals surface area contributed by atoms with Gasteiger partial charge in [0.05, 0.1) is 12.1 Å². The summed E-state index contributed by atoms with van der Waals surface area (Å²) < 4.78 is 6.55. The summed E-state index contributed by atoms with van der Waals surface area (Å²) >= 11 is 0. The van der Waals surface area contributed by atoms with E-state index in [2.05, 4.69) is 44.2 Å². The molecule has 2 atom stereocenters. The van der Waals surface area contributed by atoms with Crippen molar-refractivity contribution in [3.8, 4) is 0 Å². The highest BCUT2D eigenvalue weighted by Gasteiger charge is 2.41. The largest absolute Gasteiger partial charge is 0.465 e. The Morgan fingerprint density at radius 2 is 2.07 bits per heavy atom. The third-order valence-electron chi connectivity index (χ3n) is 6.36. The van der Waals surface area contributed by atoms with E-state index in [1.54, 1.807) is 25.2 Å². The molecule has 0 bridgehead atoms. The quantitative estimate of drug-likeness (QED) is 0.262. The summed E-state index contributed by atoms with van der Waals surface area (Å²) in [4.78, 5) is 27.2. The van der Waals surface area contributed by atoms with Crippen LogP contribution in [0.25, 0.3) is 0 Å². The van der Waals surface area contributed by atoms with Crippen LogP contribution >= 0.6 is 0 Å². The van der Waals surface area contributed by atoms with Gasteiger partial charge in [-0.25, -0.2) is 10.6 Å². The molecule has 30 heavy (non-hydrogen) atoms. The van der Waals surface area contributed by atoms with Gasteiger partial charge in [-0.05, 0) is 42.2 Å². The zero-order valence-electron chi connectivity index (χ0n) is 18.9. The number of carboxylic acid groups (broad SMARTS) is 1. The van der Waals surface area contributed by atoms with Crippen LogP contribution in [-0.4, -0.2) is 68.0 Å². The second-order valence-electron chi connectivity index (χ2n) is 9.56. The van der Waals surface area contributed by atoms with E-state index < -0.39 is 26.4 Å². The Hall–Kier alpha value is -1.94. The van der Waals surface area contributed by atoms with Crippen molar-refractivity contribution < 1.29 is 19.1 Å². The maximum Gasteiger partial charge on any atom is 0.407 e. The van der Waals surface area contributed by atoms with Crippen molar-refractivity contribution >= 4 is 20.3 Å². The smallest absolute Gasteiger partial charge is 0.407 e. The number of likely N-dealkylation sites (tertiary alicyclic amines) is 1. The number of carbonyl (C=O) groups is 2. The van der Waals surface area contributed by atoms with Crippen molar-refractivity contribution in [1.29, 1.82) is 0 Å². The molecule has 4 N–H and O–H groups in total. The first-order valence-corrected chi connectivity index (χ1v) is 13.2. The molecular weight excluding hydrogens is 400 g/mol. The Labute approximate surface area is 180 Å². The molecule has 0 aromatic heterocycles. The van der Waals surface area contributed by atoms with E-state index in [0.29, 0.717) is 12.1 Å².